The van der Waals surface area contributed by atoms with Crippen molar-refractivity contribution in [3.8, 4) is 0 Å². The van der Waals surface area contributed by atoms with Gasteiger partial charge in [0.1, 0.15) is 0 Å². The summed E-state index contributed by atoms with van der Waals surface area (Å²) in [6.07, 6.45) is 1.89. The summed E-state index contributed by atoms with van der Waals surface area (Å²) in [4.78, 5) is 0.456. The van der Waals surface area contributed by atoms with Crippen molar-refractivity contribution in [3.63, 3.8) is 0 Å². The minimum Gasteiger partial charge on any atom is -0.207 e. The molecular weight excluding hydrogens is 354 g/mol. The van der Waals surface area contributed by atoms with Crippen LogP contribution in [0.25, 0.3) is 0 Å². The lowest BCUT2D eigenvalue weighted by Crippen LogP contribution is -2.21. The topological polar surface area (TPSA) is 37.1 Å². The van der Waals surface area contributed by atoms with Gasteiger partial charge in [0.25, 0.3) is 0 Å². The predicted octanol–water partition coefficient (Wildman–Crippen LogP) is 4.98. The van der Waals surface area contributed by atoms with Crippen molar-refractivity contribution in [3.05, 3.63) is 77.4 Å². The van der Waals surface area contributed by atoms with E-state index in [1.54, 1.807) is 4.31 Å². The number of rotatable bonds is 6. The molecule has 0 amide bonds. The van der Waals surface area contributed by atoms with Crippen LogP contribution in [0.5, 0.6) is 0 Å². The molecule has 0 N–H and O–H groups in total. The van der Waals surface area contributed by atoms with E-state index in [2.05, 4.69) is 32.6 Å². The van der Waals surface area contributed by atoms with Gasteiger partial charge in [-0.1, -0.05) is 68.0 Å². The molecule has 2 unspecified atom stereocenters. The molecule has 1 saturated heterocycles. The summed E-state index contributed by atoms with van der Waals surface area (Å²) >= 11 is 0. The van der Waals surface area contributed by atoms with Gasteiger partial charge in [0.15, 0.2) is 0 Å². The second-order valence-corrected chi connectivity index (χ2v) is 9.74. The summed E-state index contributed by atoms with van der Waals surface area (Å²) in [5, 5.41) is 0. The number of sulfonamides is 1. The molecule has 2 aromatic rings. The summed E-state index contributed by atoms with van der Waals surface area (Å²) in [6.45, 7) is 14.0. The molecule has 27 heavy (non-hydrogen) atoms. The van der Waals surface area contributed by atoms with E-state index in [4.69, 9.17) is 0 Å². The molecule has 0 radical (unpaired) electrons. The number of benzene rings is 2. The molecule has 4 heteroatoms. The Bertz CT molecular complexity index is 925. The third-order valence-corrected chi connectivity index (χ3v) is 7.68. The second kappa shape index (κ2) is 7.25. The molecule has 0 aromatic heterocycles. The molecule has 1 aliphatic heterocycles. The molecule has 2 aromatic carbocycles. The lowest BCUT2D eigenvalue weighted by molar-refractivity contribution is 0.515. The molecule has 1 heterocycles. The number of hydrogen-bond donors (Lipinski definition) is 0. The van der Waals surface area contributed by atoms with Gasteiger partial charge in [-0.3, -0.25) is 0 Å². The molecule has 0 saturated carbocycles. The Kier molecular flexibility index (Phi) is 5.33. The number of hydrogen-bond acceptors (Lipinski definition) is 2. The molecular formula is C23H29NO2S. The van der Waals surface area contributed by atoms with Gasteiger partial charge in [0.2, 0.25) is 10.0 Å². The van der Waals surface area contributed by atoms with Crippen molar-refractivity contribution >= 4 is 10.0 Å². The quantitative estimate of drug-likeness (QED) is 0.521. The SMILES string of the molecule is C=CC(c1ccccc1)[C@@H]1[C@H](C(C)C)N1S(=O)(=O)c1c(C)cc(C)cc1C. The van der Waals surface area contributed by atoms with E-state index < -0.39 is 10.0 Å². The lowest BCUT2D eigenvalue weighted by atomic mass is 9.91. The average molecular weight is 384 g/mol. The largest absolute Gasteiger partial charge is 0.244 e. The van der Waals surface area contributed by atoms with Gasteiger partial charge in [-0.2, -0.15) is 4.31 Å². The Morgan fingerprint density at radius 1 is 1.00 bits per heavy atom. The Labute approximate surface area is 163 Å². The van der Waals surface area contributed by atoms with E-state index in [1.165, 1.54) is 0 Å². The van der Waals surface area contributed by atoms with Gasteiger partial charge in [-0.25, -0.2) is 8.42 Å². The normalized spacial score (nSPS) is 23.3. The van der Waals surface area contributed by atoms with Crippen molar-refractivity contribution in [1.82, 2.24) is 4.31 Å². The predicted molar refractivity (Wildman–Crippen MR) is 111 cm³/mol. The molecule has 144 valence electrons. The molecule has 1 aliphatic rings. The Morgan fingerprint density at radius 2 is 1.56 bits per heavy atom. The summed E-state index contributed by atoms with van der Waals surface area (Å²) in [6, 6.07) is 13.9. The van der Waals surface area contributed by atoms with Crippen molar-refractivity contribution in [2.24, 2.45) is 5.92 Å². The maximum Gasteiger partial charge on any atom is 0.244 e. The van der Waals surface area contributed by atoms with Gasteiger partial charge in [0, 0.05) is 12.0 Å². The Morgan fingerprint density at radius 3 is 2.04 bits per heavy atom. The van der Waals surface area contributed by atoms with Crippen LogP contribution in [0.2, 0.25) is 0 Å². The molecule has 3 rings (SSSR count). The van der Waals surface area contributed by atoms with E-state index in [0.717, 1.165) is 22.3 Å². The van der Waals surface area contributed by atoms with Crippen LogP contribution in [0.4, 0.5) is 0 Å². The fourth-order valence-corrected chi connectivity index (χ4v) is 6.81. The highest BCUT2D eigenvalue weighted by molar-refractivity contribution is 7.89. The third-order valence-electron chi connectivity index (χ3n) is 5.48. The van der Waals surface area contributed by atoms with E-state index in [1.807, 2.05) is 57.2 Å². The zero-order valence-electron chi connectivity index (χ0n) is 16.8. The third kappa shape index (κ3) is 3.48. The highest BCUT2D eigenvalue weighted by Crippen LogP contribution is 2.48. The van der Waals surface area contributed by atoms with E-state index in [0.29, 0.717) is 4.90 Å². The first-order chi connectivity index (χ1) is 12.7. The van der Waals surface area contributed by atoms with Gasteiger partial charge in [-0.15, -0.1) is 6.58 Å². The maximum atomic E-state index is 13.6. The van der Waals surface area contributed by atoms with Crippen molar-refractivity contribution in [1.29, 1.82) is 0 Å². The summed E-state index contributed by atoms with van der Waals surface area (Å²) in [5.74, 6) is 0.224. The van der Waals surface area contributed by atoms with Gasteiger partial charge < -0.3 is 0 Å². The van der Waals surface area contributed by atoms with Crippen molar-refractivity contribution in [2.75, 3.05) is 0 Å². The van der Waals surface area contributed by atoms with Crippen LogP contribution in [0.1, 0.15) is 42.0 Å². The smallest absolute Gasteiger partial charge is 0.207 e. The standard InChI is InChI=1S/C23H29NO2S/c1-7-20(19-11-9-8-10-12-19)22-21(15(2)3)24(22)27(25,26)23-17(5)13-16(4)14-18(23)6/h7-15,20-22H,1H2,2-6H3/t20?,21-,22+,24?/m0/s1. The summed E-state index contributed by atoms with van der Waals surface area (Å²) in [7, 11) is -3.56. The van der Waals surface area contributed by atoms with Crippen LogP contribution >= 0.6 is 0 Å². The number of aryl methyl sites for hydroxylation is 3. The van der Waals surface area contributed by atoms with Gasteiger partial charge >= 0.3 is 0 Å². The van der Waals surface area contributed by atoms with Gasteiger partial charge in [-0.05, 0) is 43.4 Å². The average Bonchev–Trinajstić information content (AvgIpc) is 3.32. The lowest BCUT2D eigenvalue weighted by Gasteiger charge is -2.16. The fraction of sp³-hybridized carbons (Fsp3) is 0.391. The molecule has 4 atom stereocenters. The van der Waals surface area contributed by atoms with E-state index in [9.17, 15) is 8.42 Å². The van der Waals surface area contributed by atoms with Gasteiger partial charge in [0.05, 0.1) is 10.9 Å². The monoisotopic (exact) mass is 383 g/mol. The van der Waals surface area contributed by atoms with Crippen LogP contribution < -0.4 is 0 Å². The first-order valence-corrected chi connectivity index (χ1v) is 10.9. The molecule has 0 aliphatic carbocycles. The molecule has 1 fully saturated rings. The fourth-order valence-electron chi connectivity index (χ4n) is 4.45. The van der Waals surface area contributed by atoms with Crippen LogP contribution in [0.15, 0.2) is 60.0 Å². The second-order valence-electron chi connectivity index (χ2n) is 7.96. The van der Waals surface area contributed by atoms with Crippen LogP contribution in [0, 0.1) is 26.7 Å². The summed E-state index contributed by atoms with van der Waals surface area (Å²) in [5.41, 5.74) is 3.82. The zero-order valence-corrected chi connectivity index (χ0v) is 17.6. The Balaban J connectivity index is 2.06. The maximum absolute atomic E-state index is 13.6. The minimum absolute atomic E-state index is 0.0144. The highest BCUT2D eigenvalue weighted by atomic mass is 32.2. The van der Waals surface area contributed by atoms with Crippen LogP contribution in [0.3, 0.4) is 0 Å². The van der Waals surface area contributed by atoms with Crippen molar-refractivity contribution in [2.45, 2.75) is 57.5 Å². The molecule has 3 nitrogen and oxygen atoms in total. The number of nitrogens with zero attached hydrogens (tertiary/aromatic N) is 1. The Hall–Kier alpha value is -1.91. The molecule has 0 bridgehead atoms. The first kappa shape index (κ1) is 19.8. The zero-order chi connectivity index (χ0) is 19.9. The van der Waals surface area contributed by atoms with Crippen LogP contribution in [-0.4, -0.2) is 24.8 Å². The van der Waals surface area contributed by atoms with Crippen molar-refractivity contribution < 1.29 is 8.42 Å². The van der Waals surface area contributed by atoms with E-state index in [-0.39, 0.29) is 23.9 Å². The summed E-state index contributed by atoms with van der Waals surface area (Å²) < 4.78 is 28.9. The van der Waals surface area contributed by atoms with Crippen LogP contribution in [-0.2, 0) is 10.0 Å². The highest BCUT2D eigenvalue weighted by Gasteiger charge is 2.59. The first-order valence-electron chi connectivity index (χ1n) is 9.49. The minimum atomic E-state index is -3.56. The van der Waals surface area contributed by atoms with E-state index >= 15 is 0 Å². The molecule has 0 spiro atoms.